The van der Waals surface area contributed by atoms with E-state index >= 15 is 0 Å². The minimum atomic E-state index is -0.465. The molecule has 5 unspecified atom stereocenters. The quantitative estimate of drug-likeness (QED) is 0.265. The van der Waals surface area contributed by atoms with Gasteiger partial charge in [0.1, 0.15) is 0 Å². The van der Waals surface area contributed by atoms with Crippen LogP contribution in [0.5, 0.6) is 23.0 Å². The molecule has 60 heavy (non-hydrogen) atoms. The van der Waals surface area contributed by atoms with E-state index in [1.54, 1.807) is 19.1 Å². The molecule has 9 atom stereocenters. The summed E-state index contributed by atoms with van der Waals surface area (Å²) < 4.78 is 24.1. The Balaban J connectivity index is 0.000000181. The van der Waals surface area contributed by atoms with Gasteiger partial charge >= 0.3 is 0 Å². The summed E-state index contributed by atoms with van der Waals surface area (Å²) >= 11 is 4.24. The molecule has 326 valence electrons. The molecular formula is C49H63ClI2N2O6. The molecule has 2 saturated heterocycles. The molecule has 11 heteroatoms. The van der Waals surface area contributed by atoms with Crippen molar-refractivity contribution in [3.8, 4) is 23.0 Å². The van der Waals surface area contributed by atoms with Crippen molar-refractivity contribution in [2.24, 2.45) is 10.8 Å². The normalized spacial score (nSPS) is 34.3. The Kier molecular flexibility index (Phi) is 14.1. The Morgan fingerprint density at radius 1 is 0.783 bits per heavy atom. The molecule has 2 spiro atoms. The molecule has 4 heterocycles. The van der Waals surface area contributed by atoms with Gasteiger partial charge in [-0.25, -0.2) is 0 Å². The van der Waals surface area contributed by atoms with Crippen molar-refractivity contribution in [2.45, 2.75) is 122 Å². The fraction of sp³-hybridized carbons (Fsp3) is 0.551. The number of benzene rings is 3. The van der Waals surface area contributed by atoms with Gasteiger partial charge < -0.3 is 41.2 Å². The van der Waals surface area contributed by atoms with Crippen LogP contribution in [-0.2, 0) is 33.3 Å². The molecule has 4 fully saturated rings. The zero-order valence-electron chi connectivity index (χ0n) is 37.0. The van der Waals surface area contributed by atoms with Crippen LogP contribution in [0.25, 0.3) is 6.08 Å². The van der Waals surface area contributed by atoms with E-state index in [9.17, 15) is 9.59 Å². The summed E-state index contributed by atoms with van der Waals surface area (Å²) in [7, 11) is 7.93. The number of Topliss-reactive ketones (excluding diaryl/α,β-unsaturated/α-hetero) is 2. The first-order valence-electron chi connectivity index (χ1n) is 21.8. The zero-order valence-corrected chi connectivity index (χ0v) is 42.0. The van der Waals surface area contributed by atoms with Gasteiger partial charge in [-0.3, -0.25) is 9.59 Å². The van der Waals surface area contributed by atoms with Gasteiger partial charge in [-0.05, 0) is 74.2 Å². The largest absolute Gasteiger partial charge is 1.00 e. The van der Waals surface area contributed by atoms with E-state index in [1.807, 2.05) is 58.0 Å². The second-order valence-corrected chi connectivity index (χ2v) is 17.7. The lowest BCUT2D eigenvalue weighted by Gasteiger charge is -2.63. The number of nitrogens with one attached hydrogen (secondary N) is 1. The molecule has 0 aromatic heterocycles. The fourth-order valence-electron chi connectivity index (χ4n) is 13.3. The molecule has 0 amide bonds. The number of ether oxygens (including phenoxy) is 4. The molecule has 4 aliphatic carbocycles. The van der Waals surface area contributed by atoms with Crippen LogP contribution in [0.2, 0.25) is 0 Å². The van der Waals surface area contributed by atoms with Crippen molar-refractivity contribution >= 4 is 54.9 Å². The maximum absolute atomic E-state index is 13.8. The summed E-state index contributed by atoms with van der Waals surface area (Å²) in [5.41, 5.74) is 6.89. The van der Waals surface area contributed by atoms with E-state index in [0.29, 0.717) is 18.5 Å². The number of nitrogens with zero attached hydrogens (tertiary/aromatic N) is 1. The van der Waals surface area contributed by atoms with Crippen LogP contribution in [-0.4, -0.2) is 82.2 Å². The van der Waals surface area contributed by atoms with Crippen molar-refractivity contribution in [2.75, 3.05) is 41.4 Å². The number of ketones is 2. The highest BCUT2D eigenvalue weighted by atomic mass is 128. The van der Waals surface area contributed by atoms with Crippen LogP contribution >= 0.6 is 37.2 Å². The van der Waals surface area contributed by atoms with E-state index in [1.165, 1.54) is 22.3 Å². The van der Waals surface area contributed by atoms with Crippen LogP contribution in [0.1, 0.15) is 101 Å². The Bertz CT molecular complexity index is 2130. The highest BCUT2D eigenvalue weighted by Crippen LogP contribution is 2.69. The molecule has 11 rings (SSSR count). The predicted octanol–water partition coefficient (Wildman–Crippen LogP) is 5.75. The van der Waals surface area contributed by atoms with E-state index in [4.69, 9.17) is 18.9 Å². The van der Waals surface area contributed by atoms with Crippen molar-refractivity contribution in [1.29, 1.82) is 0 Å². The maximum Gasteiger partial charge on any atom is 0.200 e. The number of likely N-dealkylation sites (N-methyl/N-ethyl adjacent to an activating group) is 2. The minimum Gasteiger partial charge on any atom is -1.00 e. The number of carbonyl (C=O) groups excluding carboxylic acids is 2. The number of hydrogen-bond donors (Lipinski definition) is 1. The highest BCUT2D eigenvalue weighted by molar-refractivity contribution is 15.0. The number of piperidine rings is 2. The third kappa shape index (κ3) is 6.43. The van der Waals surface area contributed by atoms with E-state index in [-0.39, 0.29) is 51.7 Å². The summed E-state index contributed by atoms with van der Waals surface area (Å²) in [6, 6.07) is 19.5. The molecule has 0 radical (unpaired) electrons. The number of likely N-dealkylation sites (tertiary alicyclic amines) is 2. The van der Waals surface area contributed by atoms with Crippen LogP contribution in [0.3, 0.4) is 0 Å². The Morgan fingerprint density at radius 2 is 1.35 bits per heavy atom. The average molecular weight is 1070 g/mol. The Hall–Kier alpha value is -2.39. The maximum atomic E-state index is 13.8. The summed E-state index contributed by atoms with van der Waals surface area (Å²) in [4.78, 5) is 30.7. The molecule has 2 saturated carbocycles. The number of rotatable bonds is 3. The van der Waals surface area contributed by atoms with Gasteiger partial charge in [0.2, 0.25) is 0 Å². The summed E-state index contributed by atoms with van der Waals surface area (Å²) in [6.45, 7) is 14.9. The topological polar surface area (TPSA) is 78.7 Å². The molecule has 1 N–H and O–H groups in total. The predicted molar refractivity (Wildman–Crippen MR) is 252 cm³/mol. The first-order chi connectivity index (χ1) is 28.5. The lowest BCUT2D eigenvalue weighted by atomic mass is 9.43. The molecular weight excluding hydrogens is 1000 g/mol. The number of methoxy groups -OCH3 is 2. The summed E-state index contributed by atoms with van der Waals surface area (Å²) in [5, 5.41) is 0. The second-order valence-electron chi connectivity index (χ2n) is 17.7. The first kappa shape index (κ1) is 47.1. The number of halogens is 3. The van der Waals surface area contributed by atoms with Crippen LogP contribution in [0, 0.1) is 10.8 Å². The van der Waals surface area contributed by atoms with Crippen molar-refractivity contribution in [3.05, 3.63) is 88.0 Å². The van der Waals surface area contributed by atoms with Gasteiger partial charge in [0, 0.05) is 90.1 Å². The smallest absolute Gasteiger partial charge is 0.200 e. The summed E-state index contributed by atoms with van der Waals surface area (Å²) in [6.07, 6.45) is 7.79. The first-order valence-corrected chi connectivity index (χ1v) is 28.0. The molecule has 3 aromatic rings. The highest BCUT2D eigenvalue weighted by Gasteiger charge is 2.74. The van der Waals surface area contributed by atoms with Crippen molar-refractivity contribution in [3.63, 3.8) is 0 Å². The van der Waals surface area contributed by atoms with Crippen LogP contribution in [0.4, 0.5) is 0 Å². The van der Waals surface area contributed by atoms with E-state index in [0.717, 1.165) is 85.7 Å². The molecule has 3 aromatic carbocycles. The minimum absolute atomic E-state index is 0. The van der Waals surface area contributed by atoms with E-state index in [2.05, 4.69) is 100 Å². The van der Waals surface area contributed by atoms with Crippen LogP contribution < -0.4 is 36.3 Å². The fourth-order valence-corrected chi connectivity index (χ4v) is 13.3. The third-order valence-electron chi connectivity index (χ3n) is 15.8. The Morgan fingerprint density at radius 3 is 1.95 bits per heavy atom. The molecule has 4 aliphatic heterocycles. The molecule has 8 aliphatic rings. The van der Waals surface area contributed by atoms with Gasteiger partial charge in [0.15, 0.2) is 46.8 Å². The van der Waals surface area contributed by atoms with Gasteiger partial charge in [-0.2, -0.15) is 0 Å². The average Bonchev–Trinajstić information content (AvgIpc) is 3.82. The van der Waals surface area contributed by atoms with Gasteiger partial charge in [-0.15, -0.1) is 0 Å². The van der Waals surface area contributed by atoms with Crippen molar-refractivity contribution < 1.29 is 45.8 Å². The van der Waals surface area contributed by atoms with Gasteiger partial charge in [-0.1, -0.05) is 84.0 Å². The SMILES string of the molecule is CC.CC.COc1ccc2c3c1OC1C(=O)C(=Cc4ccccc4)C[C@@]4(C)C(C2)N(C)CC[C@]314.COc1ccc2c3c1OC1C(=O)CC[C@@]4(C)C(C2)[NH+](C)CC[C@]314.II.[Cl-]. The van der Waals surface area contributed by atoms with Crippen molar-refractivity contribution in [1.82, 2.24) is 4.90 Å². The second kappa shape index (κ2) is 18.0. The summed E-state index contributed by atoms with van der Waals surface area (Å²) in [5.74, 6) is 3.63. The third-order valence-corrected chi connectivity index (χ3v) is 15.8. The number of quaternary nitrogens is 1. The standard InChI is InChI=1S/C26H27NO3.C19H23NO3.2C2H6.ClH.I2/c1-25-15-18(13-16-7-5-4-6-8-16)22(28)24-26(25)11-12-27(2)20(25)14-17-9-10-19(29-3)23(30-24)21(17)26;1-18-7-6-12(21)17-19(18)8-9-20(2)14(18)10-11-4-5-13(22-3)16(23-17)15(11)19;2*1-2;;1-2/h4-10,13,20,24H,11-12,14-15H2,1-3H3;4-5,14,17H,6-10H2,1-3H3;2*1-2H3;1H;/t20?,24?,25-,26-;14?,17?,18-,19-;;;;/m00..../s1. The monoisotopic (exact) mass is 1060 g/mol. The number of carbonyl (C=O) groups is 2. The van der Waals surface area contributed by atoms with Gasteiger partial charge in [0.05, 0.1) is 44.7 Å². The zero-order chi connectivity index (χ0) is 42.7. The lowest BCUT2D eigenvalue weighted by Crippen LogP contribution is -3.18. The van der Waals surface area contributed by atoms with Crippen LogP contribution in [0.15, 0.2) is 60.2 Å². The van der Waals surface area contributed by atoms with Gasteiger partial charge in [0.25, 0.3) is 0 Å². The number of hydrogen-bond acceptors (Lipinski definition) is 7. The molecule has 4 bridgehead atoms. The molecule has 8 nitrogen and oxygen atoms in total. The lowest BCUT2D eigenvalue weighted by molar-refractivity contribution is -0.924. The van der Waals surface area contributed by atoms with E-state index < -0.39 is 6.10 Å². The Labute approximate surface area is 387 Å².